The Kier molecular flexibility index (Phi) is 15.2. The van der Waals surface area contributed by atoms with Crippen molar-refractivity contribution in [3.8, 4) is 0 Å². The highest BCUT2D eigenvalue weighted by Gasteiger charge is 2.43. The molecule has 4 rings (SSSR count). The van der Waals surface area contributed by atoms with E-state index in [2.05, 4.69) is 33.9 Å². The Bertz CT molecular complexity index is 1450. The summed E-state index contributed by atoms with van der Waals surface area (Å²) in [5.41, 5.74) is 3.82. The van der Waals surface area contributed by atoms with Crippen LogP contribution in [0.1, 0.15) is 43.0 Å². The third-order valence-corrected chi connectivity index (χ3v) is 13.6. The molecule has 0 aliphatic carbocycles. The highest BCUT2D eigenvalue weighted by molar-refractivity contribution is 6.74. The first-order chi connectivity index (χ1) is 23.5. The summed E-state index contributed by atoms with van der Waals surface area (Å²) in [6.45, 7) is 11.8. The van der Waals surface area contributed by atoms with Gasteiger partial charge in [-0.1, -0.05) is 142 Å². The van der Waals surface area contributed by atoms with E-state index in [4.69, 9.17) is 23.4 Å². The maximum absolute atomic E-state index is 11.9. The molecule has 264 valence electrons. The third-order valence-electron chi connectivity index (χ3n) is 9.08. The molecule has 0 saturated carbocycles. The lowest BCUT2D eigenvalue weighted by molar-refractivity contribution is -0.208. The summed E-state index contributed by atoms with van der Waals surface area (Å²) in [4.78, 5) is 0. The molecule has 0 heterocycles. The SMILES string of the molecule is CC(C)(C)[Si](C)(C)OC[C@@H](O)[C@H](OCc1ccccc1)[C@@H](OCc1ccccc1)[C@H](OCc1ccccc1)[C@H](O)COCc1ccccc1. The molecular formula is C41H54O7Si. The van der Waals surface area contributed by atoms with Crippen LogP contribution in [0.15, 0.2) is 121 Å². The standard InChI is InChI=1S/C41H54O7Si/c1-41(2,3)49(4,5)48-31-37(43)39(46-28-34-22-14-8-15-23-34)40(47-29-35-24-16-9-17-25-35)38(45-27-33-20-12-7-13-21-33)36(42)30-44-26-32-18-10-6-11-19-32/h6-25,36-40,42-43H,26-31H2,1-5H3/t36-,37-,38-,39+,40+/m1/s1. The van der Waals surface area contributed by atoms with E-state index in [-0.39, 0.29) is 38.1 Å². The molecule has 0 aliphatic rings. The van der Waals surface area contributed by atoms with Crippen LogP contribution in [-0.2, 0) is 49.8 Å². The quantitative estimate of drug-likeness (QED) is 0.0922. The maximum Gasteiger partial charge on any atom is 0.192 e. The Morgan fingerprint density at radius 2 is 0.816 bits per heavy atom. The van der Waals surface area contributed by atoms with Gasteiger partial charge in [0.1, 0.15) is 30.5 Å². The van der Waals surface area contributed by atoms with Crippen molar-refractivity contribution in [2.75, 3.05) is 13.2 Å². The van der Waals surface area contributed by atoms with E-state index < -0.39 is 38.8 Å². The molecule has 0 spiro atoms. The first-order valence-corrected chi connectivity index (χ1v) is 20.0. The predicted molar refractivity (Wildman–Crippen MR) is 196 cm³/mol. The summed E-state index contributed by atoms with van der Waals surface area (Å²) in [5.74, 6) is 0. The summed E-state index contributed by atoms with van der Waals surface area (Å²) >= 11 is 0. The van der Waals surface area contributed by atoms with Crippen LogP contribution in [0.3, 0.4) is 0 Å². The zero-order chi connectivity index (χ0) is 35.1. The Balaban J connectivity index is 1.67. The first-order valence-electron chi connectivity index (χ1n) is 17.1. The van der Waals surface area contributed by atoms with Crippen LogP contribution < -0.4 is 0 Å². The second-order valence-corrected chi connectivity index (χ2v) is 18.8. The normalized spacial score (nSPS) is 15.3. The van der Waals surface area contributed by atoms with Crippen LogP contribution in [0, 0.1) is 0 Å². The average Bonchev–Trinajstić information content (AvgIpc) is 3.10. The van der Waals surface area contributed by atoms with E-state index in [1.807, 2.05) is 121 Å². The van der Waals surface area contributed by atoms with E-state index in [0.717, 1.165) is 22.3 Å². The average molecular weight is 687 g/mol. The van der Waals surface area contributed by atoms with Gasteiger partial charge in [-0.05, 0) is 40.4 Å². The Morgan fingerprint density at radius 3 is 1.18 bits per heavy atom. The van der Waals surface area contributed by atoms with Gasteiger partial charge >= 0.3 is 0 Å². The fraction of sp³-hybridized carbons (Fsp3) is 0.415. The van der Waals surface area contributed by atoms with Gasteiger partial charge in [0.05, 0.1) is 39.6 Å². The first kappa shape index (κ1) is 38.6. The molecule has 49 heavy (non-hydrogen) atoms. The van der Waals surface area contributed by atoms with Crippen molar-refractivity contribution >= 4 is 8.32 Å². The summed E-state index contributed by atoms with van der Waals surface area (Å²) in [5, 5.41) is 23.7. The van der Waals surface area contributed by atoms with E-state index in [1.54, 1.807) is 0 Å². The van der Waals surface area contributed by atoms with Gasteiger partial charge in [0, 0.05) is 0 Å². The molecule has 0 radical (unpaired) electrons. The second-order valence-electron chi connectivity index (χ2n) is 14.0. The van der Waals surface area contributed by atoms with Crippen molar-refractivity contribution in [2.24, 2.45) is 0 Å². The van der Waals surface area contributed by atoms with Gasteiger partial charge in [-0.25, -0.2) is 0 Å². The second kappa shape index (κ2) is 19.3. The molecule has 4 aromatic carbocycles. The van der Waals surface area contributed by atoms with Crippen LogP contribution >= 0.6 is 0 Å². The molecule has 0 saturated heterocycles. The Morgan fingerprint density at radius 1 is 0.490 bits per heavy atom. The molecule has 0 bridgehead atoms. The molecule has 4 aromatic rings. The van der Waals surface area contributed by atoms with Crippen LogP contribution in [0.4, 0.5) is 0 Å². The van der Waals surface area contributed by atoms with Gasteiger partial charge in [0.15, 0.2) is 8.32 Å². The van der Waals surface area contributed by atoms with Crippen LogP contribution in [0.25, 0.3) is 0 Å². The molecule has 0 unspecified atom stereocenters. The zero-order valence-corrected chi connectivity index (χ0v) is 30.6. The number of aliphatic hydroxyl groups is 2. The minimum atomic E-state index is -2.22. The molecule has 2 N–H and O–H groups in total. The minimum absolute atomic E-state index is 0.0124. The van der Waals surface area contributed by atoms with E-state index in [1.165, 1.54) is 0 Å². The number of hydrogen-bond donors (Lipinski definition) is 2. The lowest BCUT2D eigenvalue weighted by atomic mass is 9.98. The molecule has 8 heteroatoms. The maximum atomic E-state index is 11.9. The largest absolute Gasteiger partial charge is 0.414 e. The lowest BCUT2D eigenvalue weighted by Gasteiger charge is -2.40. The highest BCUT2D eigenvalue weighted by atomic mass is 28.4. The monoisotopic (exact) mass is 686 g/mol. The molecule has 0 amide bonds. The fourth-order valence-corrected chi connectivity index (χ4v) is 6.12. The van der Waals surface area contributed by atoms with Gasteiger partial charge < -0.3 is 33.6 Å². The molecular weight excluding hydrogens is 633 g/mol. The predicted octanol–water partition coefficient (Wildman–Crippen LogP) is 7.70. The van der Waals surface area contributed by atoms with Crippen LogP contribution in [-0.4, -0.2) is 62.3 Å². The van der Waals surface area contributed by atoms with Crippen LogP contribution in [0.5, 0.6) is 0 Å². The van der Waals surface area contributed by atoms with E-state index >= 15 is 0 Å². The number of aliphatic hydroxyl groups excluding tert-OH is 2. The van der Waals surface area contributed by atoms with Crippen molar-refractivity contribution in [3.05, 3.63) is 144 Å². The smallest absolute Gasteiger partial charge is 0.192 e. The van der Waals surface area contributed by atoms with Gasteiger partial charge in [-0.15, -0.1) is 0 Å². The summed E-state index contributed by atoms with van der Waals surface area (Å²) in [6.07, 6.45) is -4.94. The van der Waals surface area contributed by atoms with E-state index in [0.29, 0.717) is 6.61 Å². The van der Waals surface area contributed by atoms with Gasteiger partial charge in [0.2, 0.25) is 0 Å². The highest BCUT2D eigenvalue weighted by Crippen LogP contribution is 2.37. The van der Waals surface area contributed by atoms with Crippen molar-refractivity contribution in [1.29, 1.82) is 0 Å². The fourth-order valence-electron chi connectivity index (χ4n) is 5.10. The van der Waals surface area contributed by atoms with Gasteiger partial charge in [-0.2, -0.15) is 0 Å². The molecule has 7 nitrogen and oxygen atoms in total. The molecule has 0 aromatic heterocycles. The number of ether oxygens (including phenoxy) is 4. The molecule has 0 aliphatic heterocycles. The third kappa shape index (κ3) is 12.6. The van der Waals surface area contributed by atoms with Crippen molar-refractivity contribution in [3.63, 3.8) is 0 Å². The number of hydrogen-bond acceptors (Lipinski definition) is 7. The van der Waals surface area contributed by atoms with Gasteiger partial charge in [0.25, 0.3) is 0 Å². The topological polar surface area (TPSA) is 86.6 Å². The van der Waals surface area contributed by atoms with Crippen molar-refractivity contribution in [1.82, 2.24) is 0 Å². The van der Waals surface area contributed by atoms with Crippen LogP contribution in [0.2, 0.25) is 18.1 Å². The summed E-state index contributed by atoms with van der Waals surface area (Å²) < 4.78 is 32.3. The van der Waals surface area contributed by atoms with Gasteiger partial charge in [-0.3, -0.25) is 0 Å². The summed E-state index contributed by atoms with van der Waals surface area (Å²) in [6, 6.07) is 39.2. The summed E-state index contributed by atoms with van der Waals surface area (Å²) in [7, 11) is -2.22. The molecule has 5 atom stereocenters. The molecule has 0 fully saturated rings. The zero-order valence-electron chi connectivity index (χ0n) is 29.6. The minimum Gasteiger partial charge on any atom is -0.414 e. The van der Waals surface area contributed by atoms with E-state index in [9.17, 15) is 10.2 Å². The number of rotatable bonds is 20. The lowest BCUT2D eigenvalue weighted by Crippen LogP contribution is -2.55. The Hall–Kier alpha value is -3.18. The Labute approximate surface area is 293 Å². The number of benzene rings is 4. The van der Waals surface area contributed by atoms with Crippen molar-refractivity contribution in [2.45, 2.75) is 95.9 Å². The van der Waals surface area contributed by atoms with Crippen molar-refractivity contribution < 1.29 is 33.6 Å².